The number of fused-ring (bicyclic) bond motifs is 2. The zero-order valence-corrected chi connectivity index (χ0v) is 21.4. The van der Waals surface area contributed by atoms with E-state index in [4.69, 9.17) is 23.2 Å². The first kappa shape index (κ1) is 26.5. The van der Waals surface area contributed by atoms with Gasteiger partial charge in [-0.25, -0.2) is 0 Å². The van der Waals surface area contributed by atoms with Crippen LogP contribution in [0.3, 0.4) is 0 Å². The largest absolute Gasteiger partial charge is 0.348 e. The van der Waals surface area contributed by atoms with Gasteiger partial charge in [-0.05, 0) is 49.2 Å². The number of anilines is 2. The minimum absolute atomic E-state index is 0.124. The monoisotopic (exact) mass is 513 g/mol. The molecular formula is C27H29Cl2N3O3. The Bertz CT molecular complexity index is 1200. The Labute approximate surface area is 215 Å². The third-order valence-electron chi connectivity index (χ3n) is 6.03. The number of halogens is 2. The summed E-state index contributed by atoms with van der Waals surface area (Å²) in [5.74, 6) is -0.300. The van der Waals surface area contributed by atoms with Gasteiger partial charge in [0.1, 0.15) is 5.41 Å². The molecule has 8 heteroatoms. The third kappa shape index (κ3) is 5.45. The number of amides is 2. The molecule has 3 aromatic rings. The second-order valence-electron chi connectivity index (χ2n) is 8.11. The molecule has 0 unspecified atom stereocenters. The minimum Gasteiger partial charge on any atom is -0.348 e. The van der Waals surface area contributed by atoms with Crippen LogP contribution in [0, 0.1) is 6.92 Å². The Kier molecular flexibility index (Phi) is 8.78. The lowest BCUT2D eigenvalue weighted by atomic mass is 9.67. The molecule has 2 heterocycles. The second kappa shape index (κ2) is 11.6. The Morgan fingerprint density at radius 2 is 1.69 bits per heavy atom. The van der Waals surface area contributed by atoms with Gasteiger partial charge in [0.15, 0.2) is 0 Å². The molecular weight excluding hydrogens is 485 g/mol. The SMILES string of the molecule is CC.Cc1ccc(NO)c([C@H]2NC(=O)CC[C@]23C(=O)Nc2cc(Cl)ccc23)c1.Clc1ccccc1. The zero-order chi connectivity index (χ0) is 25.6. The highest BCUT2D eigenvalue weighted by molar-refractivity contribution is 6.31. The normalized spacial score (nSPS) is 19.9. The smallest absolute Gasteiger partial charge is 0.237 e. The molecule has 1 saturated heterocycles. The molecule has 0 aliphatic carbocycles. The molecule has 0 radical (unpaired) electrons. The van der Waals surface area contributed by atoms with E-state index in [1.54, 1.807) is 18.2 Å². The standard InChI is InChI=1S/C19H18ClN3O3.C6H5Cl.C2H6/c1-10-2-5-14(23-26)12(8-10)17-19(7-6-16(24)22-17)13-4-3-11(20)9-15(13)21-18(19)25;7-6-4-2-1-3-5-6;1-2/h2-5,8-9,17,23,26H,6-7H2,1H3,(H,21,25)(H,22,24);1-5H;1-2H3/t17-,19-;;/m1../s1. The Morgan fingerprint density at radius 1 is 0.971 bits per heavy atom. The van der Waals surface area contributed by atoms with E-state index in [1.165, 1.54) is 0 Å². The van der Waals surface area contributed by atoms with Crippen LogP contribution >= 0.6 is 23.2 Å². The summed E-state index contributed by atoms with van der Waals surface area (Å²) < 4.78 is 0. The van der Waals surface area contributed by atoms with Crippen molar-refractivity contribution >= 4 is 46.4 Å². The quantitative estimate of drug-likeness (QED) is 0.288. The fourth-order valence-electron chi connectivity index (χ4n) is 4.49. The van der Waals surface area contributed by atoms with Crippen LogP contribution in [0.4, 0.5) is 11.4 Å². The molecule has 4 N–H and O–H groups in total. The van der Waals surface area contributed by atoms with E-state index >= 15 is 0 Å². The lowest BCUT2D eigenvalue weighted by molar-refractivity contribution is -0.130. The number of piperidine rings is 1. The average molecular weight is 514 g/mol. The maximum atomic E-state index is 13.1. The van der Waals surface area contributed by atoms with Gasteiger partial charge < -0.3 is 10.6 Å². The van der Waals surface area contributed by atoms with E-state index in [9.17, 15) is 14.8 Å². The van der Waals surface area contributed by atoms with Crippen molar-refractivity contribution in [2.75, 3.05) is 10.8 Å². The summed E-state index contributed by atoms with van der Waals surface area (Å²) >= 11 is 11.6. The summed E-state index contributed by atoms with van der Waals surface area (Å²) in [7, 11) is 0. The lowest BCUT2D eigenvalue weighted by Crippen LogP contribution is -2.52. The predicted octanol–water partition coefficient (Wildman–Crippen LogP) is 6.66. The summed E-state index contributed by atoms with van der Waals surface area (Å²) in [6, 6.07) is 19.6. The molecule has 6 nitrogen and oxygen atoms in total. The van der Waals surface area contributed by atoms with Gasteiger partial charge in [0.25, 0.3) is 0 Å². The van der Waals surface area contributed by atoms with Crippen LogP contribution in [-0.2, 0) is 15.0 Å². The average Bonchev–Trinajstić information content (AvgIpc) is 3.13. The maximum absolute atomic E-state index is 13.1. The van der Waals surface area contributed by atoms with Gasteiger partial charge >= 0.3 is 0 Å². The summed E-state index contributed by atoms with van der Waals surface area (Å²) in [4.78, 5) is 25.3. The fraction of sp³-hybridized carbons (Fsp3) is 0.259. The molecule has 0 saturated carbocycles. The van der Waals surface area contributed by atoms with Gasteiger partial charge in [-0.2, -0.15) is 0 Å². The first-order chi connectivity index (χ1) is 16.8. The molecule has 3 aromatic carbocycles. The van der Waals surface area contributed by atoms with E-state index < -0.39 is 11.5 Å². The Hall–Kier alpha value is -3.06. The number of rotatable bonds is 2. The number of nitrogens with one attached hydrogen (secondary N) is 3. The Morgan fingerprint density at radius 3 is 2.31 bits per heavy atom. The van der Waals surface area contributed by atoms with Crippen LogP contribution in [0.1, 0.15) is 49.4 Å². The number of carbonyl (C=O) groups excluding carboxylic acids is 2. The lowest BCUT2D eigenvalue weighted by Gasteiger charge is -2.41. The predicted molar refractivity (Wildman–Crippen MR) is 141 cm³/mol. The number of hydrogen-bond donors (Lipinski definition) is 4. The maximum Gasteiger partial charge on any atom is 0.237 e. The number of hydrogen-bond acceptors (Lipinski definition) is 4. The van der Waals surface area contributed by atoms with Gasteiger partial charge in [0.2, 0.25) is 11.8 Å². The molecule has 0 aromatic heterocycles. The van der Waals surface area contributed by atoms with Crippen molar-refractivity contribution in [1.29, 1.82) is 0 Å². The van der Waals surface area contributed by atoms with E-state index in [2.05, 4.69) is 16.1 Å². The zero-order valence-electron chi connectivity index (χ0n) is 19.9. The molecule has 2 aliphatic heterocycles. The van der Waals surface area contributed by atoms with Crippen LogP contribution < -0.4 is 16.1 Å². The van der Waals surface area contributed by atoms with Crippen LogP contribution in [-0.4, -0.2) is 17.0 Å². The summed E-state index contributed by atoms with van der Waals surface area (Å²) in [5, 5.41) is 16.8. The van der Waals surface area contributed by atoms with Crippen LogP contribution in [0.5, 0.6) is 0 Å². The highest BCUT2D eigenvalue weighted by atomic mass is 35.5. The molecule has 1 spiro atoms. The number of aryl methyl sites for hydroxylation is 1. The van der Waals surface area contributed by atoms with Gasteiger partial charge in [0.05, 0.1) is 11.7 Å². The summed E-state index contributed by atoms with van der Waals surface area (Å²) in [6.07, 6.45) is 0.627. The van der Waals surface area contributed by atoms with Gasteiger partial charge in [-0.15, -0.1) is 0 Å². The first-order valence-corrected chi connectivity index (χ1v) is 12.2. The highest BCUT2D eigenvalue weighted by Crippen LogP contribution is 2.52. The molecule has 5 rings (SSSR count). The topological polar surface area (TPSA) is 90.5 Å². The van der Waals surface area contributed by atoms with Crippen molar-refractivity contribution in [3.63, 3.8) is 0 Å². The molecule has 2 aliphatic rings. The molecule has 2 amide bonds. The number of benzene rings is 3. The van der Waals surface area contributed by atoms with Crippen LogP contribution in [0.25, 0.3) is 0 Å². The first-order valence-electron chi connectivity index (χ1n) is 11.5. The van der Waals surface area contributed by atoms with Crippen molar-refractivity contribution in [1.82, 2.24) is 5.32 Å². The van der Waals surface area contributed by atoms with Crippen molar-refractivity contribution < 1.29 is 14.8 Å². The van der Waals surface area contributed by atoms with Crippen LogP contribution in [0.15, 0.2) is 66.7 Å². The van der Waals surface area contributed by atoms with Crippen molar-refractivity contribution in [2.45, 2.75) is 45.1 Å². The van der Waals surface area contributed by atoms with Crippen LogP contribution in [0.2, 0.25) is 10.0 Å². The van der Waals surface area contributed by atoms with E-state index in [0.717, 1.165) is 16.1 Å². The van der Waals surface area contributed by atoms with E-state index in [1.807, 2.05) is 69.3 Å². The second-order valence-corrected chi connectivity index (χ2v) is 8.99. The van der Waals surface area contributed by atoms with Crippen molar-refractivity contribution in [2.24, 2.45) is 0 Å². The van der Waals surface area contributed by atoms with Crippen molar-refractivity contribution in [3.05, 3.63) is 93.5 Å². The van der Waals surface area contributed by atoms with E-state index in [0.29, 0.717) is 28.4 Å². The molecule has 1 fully saturated rings. The highest BCUT2D eigenvalue weighted by Gasteiger charge is 2.55. The third-order valence-corrected chi connectivity index (χ3v) is 6.52. The molecule has 2 atom stereocenters. The minimum atomic E-state index is -0.951. The van der Waals surface area contributed by atoms with Gasteiger partial charge in [0, 0.05) is 27.7 Å². The van der Waals surface area contributed by atoms with Crippen molar-refractivity contribution in [3.8, 4) is 0 Å². The summed E-state index contributed by atoms with van der Waals surface area (Å²) in [6.45, 7) is 5.92. The van der Waals surface area contributed by atoms with Gasteiger partial charge in [-0.1, -0.05) is 79.0 Å². The van der Waals surface area contributed by atoms with E-state index in [-0.39, 0.29) is 18.2 Å². The van der Waals surface area contributed by atoms with Gasteiger partial charge in [-0.3, -0.25) is 20.3 Å². The fourth-order valence-corrected chi connectivity index (χ4v) is 4.81. The molecule has 0 bridgehead atoms. The number of carbonyl (C=O) groups is 2. The molecule has 35 heavy (non-hydrogen) atoms. The molecule has 184 valence electrons. The summed E-state index contributed by atoms with van der Waals surface area (Å²) in [5.41, 5.74) is 4.79. The Balaban J connectivity index is 0.000000324.